The Bertz CT molecular complexity index is 564. The molecule has 2 aromatic rings. The summed E-state index contributed by atoms with van der Waals surface area (Å²) >= 11 is 0. The molecule has 4 heteroatoms. The van der Waals surface area contributed by atoms with Gasteiger partial charge >= 0.3 is 5.97 Å². The van der Waals surface area contributed by atoms with Gasteiger partial charge in [-0.25, -0.2) is 9.78 Å². The molecule has 1 aromatic heterocycles. The second-order valence-electron chi connectivity index (χ2n) is 4.15. The fraction of sp³-hybridized carbons (Fsp3) is 0.200. The fourth-order valence-electron chi connectivity index (χ4n) is 1.66. The van der Waals surface area contributed by atoms with Crippen LogP contribution >= 0.6 is 0 Å². The summed E-state index contributed by atoms with van der Waals surface area (Å²) in [7, 11) is 1.34. The fourth-order valence-corrected chi connectivity index (χ4v) is 1.66. The summed E-state index contributed by atoms with van der Waals surface area (Å²) < 4.78 is 10.2. The summed E-state index contributed by atoms with van der Waals surface area (Å²) in [6.07, 6.45) is 1.44. The molecule has 1 aromatic carbocycles. The lowest BCUT2D eigenvalue weighted by molar-refractivity contribution is 0.0600. The highest BCUT2D eigenvalue weighted by Gasteiger charge is 2.05. The van der Waals surface area contributed by atoms with Crippen LogP contribution in [0.1, 0.15) is 21.5 Å². The summed E-state index contributed by atoms with van der Waals surface area (Å²) in [6.45, 7) is 2.49. The van der Waals surface area contributed by atoms with Gasteiger partial charge in [-0.1, -0.05) is 29.8 Å². The average Bonchev–Trinajstić information content (AvgIpc) is 2.45. The third kappa shape index (κ3) is 3.55. The summed E-state index contributed by atoms with van der Waals surface area (Å²) in [4.78, 5) is 15.3. The zero-order valence-corrected chi connectivity index (χ0v) is 10.9. The molecule has 0 spiro atoms. The highest BCUT2D eigenvalue weighted by molar-refractivity contribution is 5.88. The first-order valence-electron chi connectivity index (χ1n) is 5.92. The number of pyridine rings is 1. The monoisotopic (exact) mass is 257 g/mol. The SMILES string of the molecule is COC(=O)c1ccc(OCc2cccc(C)c2)nc1. The highest BCUT2D eigenvalue weighted by atomic mass is 16.5. The number of hydrogen-bond acceptors (Lipinski definition) is 4. The maximum Gasteiger partial charge on any atom is 0.339 e. The molecule has 0 saturated heterocycles. The van der Waals surface area contributed by atoms with E-state index in [0.717, 1.165) is 5.56 Å². The van der Waals surface area contributed by atoms with Crippen LogP contribution in [0.25, 0.3) is 0 Å². The lowest BCUT2D eigenvalue weighted by Crippen LogP contribution is -2.03. The number of aryl methyl sites for hydroxylation is 1. The van der Waals surface area contributed by atoms with Crippen LogP contribution in [0.3, 0.4) is 0 Å². The predicted octanol–water partition coefficient (Wildman–Crippen LogP) is 2.76. The molecule has 0 aliphatic rings. The van der Waals surface area contributed by atoms with E-state index in [-0.39, 0.29) is 0 Å². The van der Waals surface area contributed by atoms with Crippen molar-refractivity contribution < 1.29 is 14.3 Å². The van der Waals surface area contributed by atoms with Gasteiger partial charge in [0.05, 0.1) is 12.7 Å². The highest BCUT2D eigenvalue weighted by Crippen LogP contribution is 2.11. The molecule has 0 bridgehead atoms. The Morgan fingerprint density at radius 3 is 2.74 bits per heavy atom. The van der Waals surface area contributed by atoms with Crippen molar-refractivity contribution >= 4 is 5.97 Å². The molecule has 0 saturated carbocycles. The van der Waals surface area contributed by atoms with Gasteiger partial charge in [0.15, 0.2) is 0 Å². The zero-order chi connectivity index (χ0) is 13.7. The van der Waals surface area contributed by atoms with Crippen molar-refractivity contribution in [3.05, 3.63) is 59.3 Å². The molecule has 19 heavy (non-hydrogen) atoms. The normalized spacial score (nSPS) is 10.0. The van der Waals surface area contributed by atoms with Gasteiger partial charge in [0.25, 0.3) is 0 Å². The van der Waals surface area contributed by atoms with Crippen LogP contribution in [0.5, 0.6) is 5.88 Å². The second-order valence-corrected chi connectivity index (χ2v) is 4.15. The third-order valence-electron chi connectivity index (χ3n) is 2.63. The minimum absolute atomic E-state index is 0.405. The lowest BCUT2D eigenvalue weighted by atomic mass is 10.1. The van der Waals surface area contributed by atoms with Gasteiger partial charge in [-0.05, 0) is 18.6 Å². The van der Waals surface area contributed by atoms with Crippen molar-refractivity contribution in [2.45, 2.75) is 13.5 Å². The molecule has 4 nitrogen and oxygen atoms in total. The first-order valence-corrected chi connectivity index (χ1v) is 5.92. The van der Waals surface area contributed by atoms with Gasteiger partial charge in [0.1, 0.15) is 6.61 Å². The van der Waals surface area contributed by atoms with Gasteiger partial charge in [0.2, 0.25) is 5.88 Å². The molecule has 0 amide bonds. The third-order valence-corrected chi connectivity index (χ3v) is 2.63. The van der Waals surface area contributed by atoms with Gasteiger partial charge in [-0.15, -0.1) is 0 Å². The van der Waals surface area contributed by atoms with Gasteiger partial charge in [-0.2, -0.15) is 0 Å². The Morgan fingerprint density at radius 2 is 2.11 bits per heavy atom. The Morgan fingerprint density at radius 1 is 1.26 bits per heavy atom. The standard InChI is InChI=1S/C15H15NO3/c1-11-4-3-5-12(8-11)10-19-14-7-6-13(9-16-14)15(17)18-2/h3-9H,10H2,1-2H3. The Labute approximate surface area is 112 Å². The van der Waals surface area contributed by atoms with E-state index in [1.165, 1.54) is 18.9 Å². The predicted molar refractivity (Wildman–Crippen MR) is 71.1 cm³/mol. The summed E-state index contributed by atoms with van der Waals surface area (Å²) in [6, 6.07) is 11.4. The molecule has 2 rings (SSSR count). The van der Waals surface area contributed by atoms with Gasteiger partial charge in [0, 0.05) is 12.3 Å². The van der Waals surface area contributed by atoms with Crippen LogP contribution in [0, 0.1) is 6.92 Å². The number of carbonyl (C=O) groups is 1. The van der Waals surface area contributed by atoms with E-state index in [2.05, 4.69) is 15.8 Å². The maximum absolute atomic E-state index is 11.2. The molecular weight excluding hydrogens is 242 g/mol. The topological polar surface area (TPSA) is 48.4 Å². The molecule has 0 atom stereocenters. The molecular formula is C15H15NO3. The number of esters is 1. The second kappa shape index (κ2) is 6.00. The Hall–Kier alpha value is -2.36. The van der Waals surface area contributed by atoms with E-state index in [1.54, 1.807) is 12.1 Å². The molecule has 98 valence electrons. The van der Waals surface area contributed by atoms with Crippen LogP contribution in [0.2, 0.25) is 0 Å². The number of methoxy groups -OCH3 is 1. The first-order chi connectivity index (χ1) is 9.19. The molecule has 0 unspecified atom stereocenters. The van der Waals surface area contributed by atoms with E-state index in [1.807, 2.05) is 25.1 Å². The van der Waals surface area contributed by atoms with Crippen molar-refractivity contribution in [2.24, 2.45) is 0 Å². The van der Waals surface area contributed by atoms with Crippen molar-refractivity contribution in [3.63, 3.8) is 0 Å². The number of carbonyl (C=O) groups excluding carboxylic acids is 1. The molecule has 0 aliphatic heterocycles. The molecule has 0 aliphatic carbocycles. The Kier molecular flexibility index (Phi) is 4.13. The number of ether oxygens (including phenoxy) is 2. The first kappa shape index (κ1) is 13.1. The van der Waals surface area contributed by atoms with Crippen LogP contribution in [0.4, 0.5) is 0 Å². The van der Waals surface area contributed by atoms with Crippen molar-refractivity contribution in [1.29, 1.82) is 0 Å². The van der Waals surface area contributed by atoms with E-state index >= 15 is 0 Å². The van der Waals surface area contributed by atoms with Crippen LogP contribution in [-0.4, -0.2) is 18.1 Å². The molecule has 0 fully saturated rings. The number of benzene rings is 1. The van der Waals surface area contributed by atoms with Crippen LogP contribution in [-0.2, 0) is 11.3 Å². The Balaban J connectivity index is 1.98. The molecule has 1 heterocycles. The van der Waals surface area contributed by atoms with E-state index < -0.39 is 5.97 Å². The molecule has 0 radical (unpaired) electrons. The minimum Gasteiger partial charge on any atom is -0.473 e. The summed E-state index contributed by atoms with van der Waals surface area (Å²) in [5.41, 5.74) is 2.68. The average molecular weight is 257 g/mol. The number of nitrogens with zero attached hydrogens (tertiary/aromatic N) is 1. The summed E-state index contributed by atoms with van der Waals surface area (Å²) in [5, 5.41) is 0. The van der Waals surface area contributed by atoms with Crippen molar-refractivity contribution in [1.82, 2.24) is 4.98 Å². The van der Waals surface area contributed by atoms with Crippen molar-refractivity contribution in [3.8, 4) is 5.88 Å². The maximum atomic E-state index is 11.2. The largest absolute Gasteiger partial charge is 0.473 e. The van der Waals surface area contributed by atoms with Gasteiger partial charge in [-0.3, -0.25) is 0 Å². The lowest BCUT2D eigenvalue weighted by Gasteiger charge is -2.06. The number of aromatic nitrogens is 1. The zero-order valence-electron chi connectivity index (χ0n) is 10.9. The summed E-state index contributed by atoms with van der Waals surface area (Å²) in [5.74, 6) is 0.0758. The van der Waals surface area contributed by atoms with Crippen LogP contribution in [0.15, 0.2) is 42.6 Å². The minimum atomic E-state index is -0.405. The number of rotatable bonds is 4. The molecule has 0 N–H and O–H groups in total. The van der Waals surface area contributed by atoms with Gasteiger partial charge < -0.3 is 9.47 Å². The van der Waals surface area contributed by atoms with Crippen molar-refractivity contribution in [2.75, 3.05) is 7.11 Å². The quantitative estimate of drug-likeness (QED) is 0.790. The van der Waals surface area contributed by atoms with E-state index in [9.17, 15) is 4.79 Å². The van der Waals surface area contributed by atoms with E-state index in [4.69, 9.17) is 4.74 Å². The van der Waals surface area contributed by atoms with E-state index in [0.29, 0.717) is 18.1 Å². The number of hydrogen-bond donors (Lipinski definition) is 0. The smallest absolute Gasteiger partial charge is 0.339 e. The van der Waals surface area contributed by atoms with Crippen LogP contribution < -0.4 is 4.74 Å².